The molecule has 1 saturated heterocycles. The molecule has 1 aromatic carbocycles. The second kappa shape index (κ2) is 10.4. The highest BCUT2D eigenvalue weighted by molar-refractivity contribution is 7.93. The maximum absolute atomic E-state index is 13.8. The average molecular weight is 405 g/mol. The fraction of sp³-hybridized carbons (Fsp3) is 0.526. The second-order valence-corrected chi connectivity index (χ2v) is 8.56. The van der Waals surface area contributed by atoms with Crippen molar-refractivity contribution in [1.29, 1.82) is 0 Å². The van der Waals surface area contributed by atoms with Crippen LogP contribution >= 0.6 is 0 Å². The number of sulfone groups is 1. The van der Waals surface area contributed by atoms with E-state index in [-0.39, 0.29) is 14.4 Å². The third-order valence-electron chi connectivity index (χ3n) is 4.16. The third-order valence-corrected chi connectivity index (χ3v) is 4.81. The number of carbonyl (C=O) groups is 1. The monoisotopic (exact) mass is 404 g/mol. The normalized spacial score (nSPS) is 20.5. The molecule has 8 heteroatoms. The van der Waals surface area contributed by atoms with Crippen molar-refractivity contribution in [2.45, 2.75) is 38.7 Å². The Morgan fingerprint density at radius 1 is 1.30 bits per heavy atom. The smallest absolute Gasteiger partial charge is 0.318 e. The molecule has 1 aliphatic rings. The van der Waals surface area contributed by atoms with E-state index >= 15 is 0 Å². The summed E-state index contributed by atoms with van der Waals surface area (Å²) >= 11 is 0. The molecule has 0 bridgehead atoms. The van der Waals surface area contributed by atoms with E-state index in [2.05, 4.69) is 5.32 Å². The number of nitrogens with zero attached hydrogens (tertiary/aromatic N) is 1. The van der Waals surface area contributed by atoms with Gasteiger partial charge in [0.1, 0.15) is 0 Å². The number of urea groups is 1. The molecule has 1 aromatic rings. The summed E-state index contributed by atoms with van der Waals surface area (Å²) in [4.78, 5) is 13.0. The number of benzene rings is 1. The molecule has 5 nitrogen and oxygen atoms in total. The van der Waals surface area contributed by atoms with E-state index in [1.165, 1.54) is 6.08 Å². The highest BCUT2D eigenvalue weighted by Crippen LogP contribution is 2.34. The number of carbonyl (C=O) groups excluding carboxylic acids is 1. The Labute approximate surface area is 161 Å². The topological polar surface area (TPSA) is 66.5 Å². The standard InChI is InChI=1S/C13H22F2N2O3S.C6H6.H2/c1-4-11-5-7-17(9-13(11,14)15)12(18)16-10(2)6-8-21(3,19)20;1-2-4-6-5-3-1;/h6,8,10-11H,4-5,7,9H2,1-3H3,(H,16,18);1-6H;1H/b8-6+;;/t10-,11+;;/m0../s1. The van der Waals surface area contributed by atoms with Crippen LogP contribution in [0.4, 0.5) is 13.6 Å². The first kappa shape index (κ1) is 23.1. The highest BCUT2D eigenvalue weighted by atomic mass is 32.2. The minimum Gasteiger partial charge on any atom is -0.332 e. The minimum atomic E-state index is -3.27. The number of halogens is 2. The van der Waals surface area contributed by atoms with Crippen molar-refractivity contribution in [2.24, 2.45) is 5.92 Å². The van der Waals surface area contributed by atoms with Gasteiger partial charge in [0.15, 0.2) is 9.84 Å². The summed E-state index contributed by atoms with van der Waals surface area (Å²) in [6, 6.07) is 10.8. The molecule has 2 atom stereocenters. The van der Waals surface area contributed by atoms with Crippen LogP contribution in [0.3, 0.4) is 0 Å². The predicted molar refractivity (Wildman–Crippen MR) is 105 cm³/mol. The Kier molecular flexibility index (Phi) is 8.88. The van der Waals surface area contributed by atoms with Gasteiger partial charge in [0.25, 0.3) is 5.92 Å². The lowest BCUT2D eigenvalue weighted by molar-refractivity contribution is -0.101. The quantitative estimate of drug-likeness (QED) is 0.827. The molecular formula is C19H30F2N2O3S. The Balaban J connectivity index is 0.000000884. The molecule has 0 aromatic heterocycles. The van der Waals surface area contributed by atoms with Gasteiger partial charge in [-0.3, -0.25) is 0 Å². The molecule has 2 rings (SSSR count). The number of nitrogens with one attached hydrogen (secondary N) is 1. The van der Waals surface area contributed by atoms with E-state index < -0.39 is 40.3 Å². The van der Waals surface area contributed by atoms with Gasteiger partial charge in [-0.1, -0.05) is 49.4 Å². The van der Waals surface area contributed by atoms with Crippen LogP contribution in [0.1, 0.15) is 28.1 Å². The number of piperidine rings is 1. The van der Waals surface area contributed by atoms with E-state index in [1.807, 2.05) is 36.4 Å². The zero-order chi connectivity index (χ0) is 20.5. The first-order chi connectivity index (χ1) is 12.5. The molecule has 27 heavy (non-hydrogen) atoms. The zero-order valence-electron chi connectivity index (χ0n) is 15.9. The van der Waals surface area contributed by atoms with E-state index in [9.17, 15) is 22.0 Å². The van der Waals surface area contributed by atoms with Crippen LogP contribution in [0.2, 0.25) is 0 Å². The van der Waals surface area contributed by atoms with Crippen molar-refractivity contribution < 1.29 is 23.4 Å². The Morgan fingerprint density at radius 2 is 1.81 bits per heavy atom. The molecule has 0 saturated carbocycles. The van der Waals surface area contributed by atoms with Gasteiger partial charge in [-0.15, -0.1) is 0 Å². The second-order valence-electron chi connectivity index (χ2n) is 6.63. The van der Waals surface area contributed by atoms with Crippen LogP contribution in [0.5, 0.6) is 0 Å². The summed E-state index contributed by atoms with van der Waals surface area (Å²) in [6.07, 6.45) is 3.00. The zero-order valence-corrected chi connectivity index (χ0v) is 16.8. The highest BCUT2D eigenvalue weighted by Gasteiger charge is 2.44. The summed E-state index contributed by atoms with van der Waals surface area (Å²) in [6.45, 7) is 2.98. The lowest BCUT2D eigenvalue weighted by Gasteiger charge is -2.38. The molecule has 0 unspecified atom stereocenters. The Bertz CT molecular complexity index is 688. The van der Waals surface area contributed by atoms with Gasteiger partial charge in [-0.2, -0.15) is 0 Å². The first-order valence-corrected chi connectivity index (χ1v) is 10.8. The summed E-state index contributed by atoms with van der Waals surface area (Å²) < 4.78 is 49.5. The van der Waals surface area contributed by atoms with Crippen LogP contribution in [0.15, 0.2) is 47.9 Å². The van der Waals surface area contributed by atoms with Crippen molar-refractivity contribution >= 4 is 15.9 Å². The van der Waals surface area contributed by atoms with Gasteiger partial charge >= 0.3 is 6.03 Å². The van der Waals surface area contributed by atoms with Gasteiger partial charge in [0.2, 0.25) is 0 Å². The maximum atomic E-state index is 13.8. The van der Waals surface area contributed by atoms with Gasteiger partial charge in [-0.05, 0) is 19.8 Å². The molecule has 1 N–H and O–H groups in total. The predicted octanol–water partition coefficient (Wildman–Crippen LogP) is 3.94. The van der Waals surface area contributed by atoms with Gasteiger partial charge in [0.05, 0.1) is 6.54 Å². The van der Waals surface area contributed by atoms with Crippen LogP contribution < -0.4 is 5.32 Å². The van der Waals surface area contributed by atoms with Crippen molar-refractivity contribution in [3.05, 3.63) is 47.9 Å². The van der Waals surface area contributed by atoms with Gasteiger partial charge in [-0.25, -0.2) is 22.0 Å². The number of alkyl halides is 2. The fourth-order valence-corrected chi connectivity index (χ4v) is 3.16. The fourth-order valence-electron chi connectivity index (χ4n) is 2.64. The largest absolute Gasteiger partial charge is 0.332 e. The van der Waals surface area contributed by atoms with E-state index in [0.717, 1.165) is 16.6 Å². The van der Waals surface area contributed by atoms with E-state index in [0.29, 0.717) is 6.42 Å². The molecule has 1 aliphatic heterocycles. The van der Waals surface area contributed by atoms with Crippen molar-refractivity contribution in [3.63, 3.8) is 0 Å². The molecule has 154 valence electrons. The Hall–Kier alpha value is -1.96. The maximum Gasteiger partial charge on any atom is 0.318 e. The van der Waals surface area contributed by atoms with Gasteiger partial charge in [0, 0.05) is 31.6 Å². The van der Waals surface area contributed by atoms with Crippen molar-refractivity contribution in [1.82, 2.24) is 10.2 Å². The number of amides is 2. The molecule has 0 spiro atoms. The molecular weight excluding hydrogens is 374 g/mol. The van der Waals surface area contributed by atoms with E-state index in [1.54, 1.807) is 13.8 Å². The molecule has 0 aliphatic carbocycles. The lowest BCUT2D eigenvalue weighted by Crippen LogP contribution is -2.54. The molecule has 2 amide bonds. The Morgan fingerprint density at radius 3 is 2.22 bits per heavy atom. The number of hydrogen-bond donors (Lipinski definition) is 1. The van der Waals surface area contributed by atoms with Crippen LogP contribution in [0.25, 0.3) is 0 Å². The SMILES string of the molecule is CC[C@@H]1CCN(C(=O)N[C@@H](C)/C=C/S(C)(=O)=O)CC1(F)F.[HH].c1ccccc1. The summed E-state index contributed by atoms with van der Waals surface area (Å²) in [5.41, 5.74) is 0. The first-order valence-electron chi connectivity index (χ1n) is 8.86. The molecule has 1 heterocycles. The van der Waals surface area contributed by atoms with Crippen molar-refractivity contribution in [2.75, 3.05) is 19.3 Å². The van der Waals surface area contributed by atoms with Crippen LogP contribution in [-0.2, 0) is 9.84 Å². The lowest BCUT2D eigenvalue weighted by atomic mass is 9.91. The summed E-state index contributed by atoms with van der Waals surface area (Å²) in [7, 11) is -3.27. The van der Waals surface area contributed by atoms with Crippen LogP contribution in [-0.4, -0.2) is 50.7 Å². The molecule has 0 radical (unpaired) electrons. The van der Waals surface area contributed by atoms with Gasteiger partial charge < -0.3 is 10.2 Å². The molecule has 1 fully saturated rings. The number of likely N-dealkylation sites (tertiary alicyclic amines) is 1. The van der Waals surface area contributed by atoms with E-state index in [4.69, 9.17) is 0 Å². The number of hydrogen-bond acceptors (Lipinski definition) is 3. The van der Waals surface area contributed by atoms with Crippen LogP contribution in [0, 0.1) is 5.92 Å². The summed E-state index contributed by atoms with van der Waals surface area (Å²) in [5.74, 6) is -3.57. The average Bonchev–Trinajstić information content (AvgIpc) is 2.60. The van der Waals surface area contributed by atoms with Crippen molar-refractivity contribution in [3.8, 4) is 0 Å². The number of rotatable bonds is 4. The minimum absolute atomic E-state index is 0. The third kappa shape index (κ3) is 8.99. The summed E-state index contributed by atoms with van der Waals surface area (Å²) in [5, 5.41) is 3.48.